The quantitative estimate of drug-likeness (QED) is 0.719. The van der Waals surface area contributed by atoms with Crippen LogP contribution in [0.4, 0.5) is 0 Å². The summed E-state index contributed by atoms with van der Waals surface area (Å²) < 4.78 is 0. The lowest BCUT2D eigenvalue weighted by atomic mass is 10.1. The van der Waals surface area contributed by atoms with Crippen molar-refractivity contribution in [1.29, 1.82) is 0 Å². The molecule has 0 bridgehead atoms. The van der Waals surface area contributed by atoms with Crippen LogP contribution >= 0.6 is 11.3 Å². The van der Waals surface area contributed by atoms with Crippen LogP contribution in [0.15, 0.2) is 47.8 Å². The molecule has 0 aliphatic carbocycles. The van der Waals surface area contributed by atoms with Crippen LogP contribution in [-0.2, 0) is 0 Å². The largest absolute Gasteiger partial charge is 0.266 e. The Morgan fingerprint density at radius 3 is 2.69 bits per heavy atom. The molecule has 0 radical (unpaired) electrons. The lowest BCUT2D eigenvalue weighted by Crippen LogP contribution is -2.04. The molecule has 0 saturated carbocycles. The molecule has 78 valence electrons. The Hall–Kier alpha value is -1.94. The maximum atomic E-state index is 4.26. The molecule has 16 heavy (non-hydrogen) atoms. The lowest BCUT2D eigenvalue weighted by molar-refractivity contribution is -0.443. The van der Waals surface area contributed by atoms with Crippen LogP contribution in [0.2, 0.25) is 0 Å². The first kappa shape index (κ1) is 9.30. The maximum absolute atomic E-state index is 4.26. The number of rotatable bonds is 2. The fourth-order valence-corrected chi connectivity index (χ4v) is 2.38. The Morgan fingerprint density at radius 1 is 1.06 bits per heavy atom. The highest BCUT2D eigenvalue weighted by molar-refractivity contribution is 7.13. The SMILES string of the molecule is c1ccc(-c2[nH+][nH]nc2-c2cccs2)cc1. The fourth-order valence-electron chi connectivity index (χ4n) is 1.66. The molecule has 0 amide bonds. The molecule has 4 heteroatoms. The van der Waals surface area contributed by atoms with Gasteiger partial charge in [-0.25, -0.2) is 0 Å². The van der Waals surface area contributed by atoms with E-state index in [1.807, 2.05) is 24.3 Å². The van der Waals surface area contributed by atoms with Crippen molar-refractivity contribution in [2.45, 2.75) is 0 Å². The molecule has 0 aliphatic heterocycles. The first-order valence-electron chi connectivity index (χ1n) is 5.00. The second-order valence-corrected chi connectivity index (χ2v) is 4.36. The van der Waals surface area contributed by atoms with Gasteiger partial charge in [-0.05, 0) is 11.4 Å². The third-order valence-electron chi connectivity index (χ3n) is 2.40. The van der Waals surface area contributed by atoms with Crippen LogP contribution in [0.1, 0.15) is 0 Å². The normalized spacial score (nSPS) is 10.5. The summed E-state index contributed by atoms with van der Waals surface area (Å²) in [5, 5.41) is 12.2. The van der Waals surface area contributed by atoms with Gasteiger partial charge >= 0.3 is 0 Å². The Morgan fingerprint density at radius 2 is 1.94 bits per heavy atom. The highest BCUT2D eigenvalue weighted by Gasteiger charge is 2.19. The zero-order chi connectivity index (χ0) is 10.8. The second kappa shape index (κ2) is 3.90. The van der Waals surface area contributed by atoms with Crippen molar-refractivity contribution in [1.82, 2.24) is 10.3 Å². The summed E-state index contributed by atoms with van der Waals surface area (Å²) in [4.78, 5) is 1.16. The zero-order valence-electron chi connectivity index (χ0n) is 8.47. The summed E-state index contributed by atoms with van der Waals surface area (Å²) in [6.07, 6.45) is 0. The molecule has 2 heterocycles. The van der Waals surface area contributed by atoms with Crippen LogP contribution < -0.4 is 5.10 Å². The van der Waals surface area contributed by atoms with Gasteiger partial charge in [0.1, 0.15) is 0 Å². The van der Waals surface area contributed by atoms with E-state index in [9.17, 15) is 0 Å². The third kappa shape index (κ3) is 1.53. The van der Waals surface area contributed by atoms with Crippen molar-refractivity contribution in [3.8, 4) is 21.8 Å². The minimum absolute atomic E-state index is 0.973. The number of H-pyrrole nitrogens is 2. The Balaban J connectivity index is 2.14. The van der Waals surface area contributed by atoms with E-state index in [0.29, 0.717) is 0 Å². The molecule has 2 N–H and O–H groups in total. The van der Waals surface area contributed by atoms with Gasteiger partial charge in [-0.1, -0.05) is 41.6 Å². The molecule has 3 aromatic rings. The predicted molar refractivity (Wildman–Crippen MR) is 63.9 cm³/mol. The maximum Gasteiger partial charge on any atom is 0.266 e. The van der Waals surface area contributed by atoms with Crippen molar-refractivity contribution >= 4 is 11.3 Å². The van der Waals surface area contributed by atoms with Crippen LogP contribution in [-0.4, -0.2) is 10.3 Å². The van der Waals surface area contributed by atoms with Gasteiger partial charge in [0.25, 0.3) is 5.69 Å². The summed E-state index contributed by atoms with van der Waals surface area (Å²) in [6, 6.07) is 14.3. The van der Waals surface area contributed by atoms with E-state index in [0.717, 1.165) is 21.8 Å². The Kier molecular flexibility index (Phi) is 2.27. The van der Waals surface area contributed by atoms with Gasteiger partial charge in [-0.15, -0.1) is 11.3 Å². The van der Waals surface area contributed by atoms with Crippen LogP contribution in [0.5, 0.6) is 0 Å². The number of aromatic amines is 2. The molecule has 0 saturated heterocycles. The molecule has 1 aromatic carbocycles. The summed E-state index contributed by atoms with van der Waals surface area (Å²) in [5.41, 5.74) is 3.14. The van der Waals surface area contributed by atoms with Gasteiger partial charge in [-0.2, -0.15) is 5.10 Å². The number of nitrogens with zero attached hydrogens (tertiary/aromatic N) is 1. The summed E-state index contributed by atoms with van der Waals surface area (Å²) in [6.45, 7) is 0. The molecule has 3 nitrogen and oxygen atoms in total. The fraction of sp³-hybridized carbons (Fsp3) is 0. The number of aromatic nitrogens is 3. The summed E-state index contributed by atoms with van der Waals surface area (Å²) in [5.74, 6) is 0. The Labute approximate surface area is 96.8 Å². The second-order valence-electron chi connectivity index (χ2n) is 3.42. The van der Waals surface area contributed by atoms with Gasteiger partial charge in [0.05, 0.1) is 4.88 Å². The van der Waals surface area contributed by atoms with Crippen molar-refractivity contribution < 1.29 is 5.10 Å². The first-order valence-corrected chi connectivity index (χ1v) is 5.88. The van der Waals surface area contributed by atoms with E-state index >= 15 is 0 Å². The van der Waals surface area contributed by atoms with Crippen molar-refractivity contribution in [2.75, 3.05) is 0 Å². The van der Waals surface area contributed by atoms with Crippen LogP contribution in [0.3, 0.4) is 0 Å². The van der Waals surface area contributed by atoms with E-state index in [2.05, 4.69) is 39.0 Å². The average Bonchev–Trinajstić information content (AvgIpc) is 3.01. The molecule has 2 aromatic heterocycles. The monoisotopic (exact) mass is 228 g/mol. The highest BCUT2D eigenvalue weighted by Crippen LogP contribution is 2.29. The van der Waals surface area contributed by atoms with E-state index in [1.54, 1.807) is 11.3 Å². The number of thiophene rings is 1. The van der Waals surface area contributed by atoms with Gasteiger partial charge in [0, 0.05) is 10.7 Å². The van der Waals surface area contributed by atoms with Crippen LogP contribution in [0, 0.1) is 0 Å². The van der Waals surface area contributed by atoms with E-state index in [1.165, 1.54) is 0 Å². The van der Waals surface area contributed by atoms with Gasteiger partial charge < -0.3 is 0 Å². The number of hydrogen-bond acceptors (Lipinski definition) is 2. The highest BCUT2D eigenvalue weighted by atomic mass is 32.1. The standard InChI is InChI=1S/C12H9N3S/c1-2-5-9(6-3-1)11-12(14-15-13-11)10-7-4-8-16-10/h1-8H,(H,13,14,15)/p+1. The molecular weight excluding hydrogens is 218 g/mol. The summed E-state index contributed by atoms with van der Waals surface area (Å²) in [7, 11) is 0. The summed E-state index contributed by atoms with van der Waals surface area (Å²) >= 11 is 1.69. The van der Waals surface area contributed by atoms with Gasteiger partial charge in [0.2, 0.25) is 5.69 Å². The average molecular weight is 228 g/mol. The molecule has 0 aliphatic rings. The van der Waals surface area contributed by atoms with Crippen molar-refractivity contribution in [3.63, 3.8) is 0 Å². The smallest absolute Gasteiger partial charge is 0.168 e. The van der Waals surface area contributed by atoms with Crippen LogP contribution in [0.25, 0.3) is 21.8 Å². The Bertz CT molecular complexity index is 569. The molecule has 3 rings (SSSR count). The first-order chi connectivity index (χ1) is 7.95. The van der Waals surface area contributed by atoms with E-state index in [-0.39, 0.29) is 0 Å². The van der Waals surface area contributed by atoms with Gasteiger partial charge in [-0.3, -0.25) is 0 Å². The molecule has 0 atom stereocenters. The zero-order valence-corrected chi connectivity index (χ0v) is 9.29. The van der Waals surface area contributed by atoms with Gasteiger partial charge in [0.15, 0.2) is 0 Å². The number of benzene rings is 1. The minimum atomic E-state index is 0.973. The molecule has 0 spiro atoms. The predicted octanol–water partition coefficient (Wildman–Crippen LogP) is 2.62. The molecule has 0 fully saturated rings. The van der Waals surface area contributed by atoms with Crippen molar-refractivity contribution in [3.05, 3.63) is 47.8 Å². The molecular formula is C12H10N3S+. The van der Waals surface area contributed by atoms with Crippen molar-refractivity contribution in [2.24, 2.45) is 0 Å². The number of hydrogen-bond donors (Lipinski definition) is 1. The lowest BCUT2D eigenvalue weighted by Gasteiger charge is -1.93. The molecule has 0 unspecified atom stereocenters. The minimum Gasteiger partial charge on any atom is -0.168 e. The van der Waals surface area contributed by atoms with E-state index in [4.69, 9.17) is 0 Å². The third-order valence-corrected chi connectivity index (χ3v) is 3.28. The topological polar surface area (TPSA) is 42.8 Å². The van der Waals surface area contributed by atoms with E-state index < -0.39 is 0 Å². The number of nitrogens with one attached hydrogen (secondary N) is 2.